The van der Waals surface area contributed by atoms with E-state index in [9.17, 15) is 4.79 Å². The Bertz CT molecular complexity index is 140. The Balaban J connectivity index is 3.71. The number of halogens is 1. The summed E-state index contributed by atoms with van der Waals surface area (Å²) in [5.74, 6) is -0.113. The zero-order chi connectivity index (χ0) is 9.07. The molecule has 1 atom stereocenters. The van der Waals surface area contributed by atoms with Gasteiger partial charge in [-0.25, -0.2) is 0 Å². The van der Waals surface area contributed by atoms with Crippen LogP contribution in [0.25, 0.3) is 0 Å². The highest BCUT2D eigenvalue weighted by molar-refractivity contribution is 9.10. The van der Waals surface area contributed by atoms with Crippen molar-refractivity contribution in [1.29, 1.82) is 0 Å². The first-order valence-corrected chi connectivity index (χ1v) is 4.28. The highest BCUT2D eigenvalue weighted by Crippen LogP contribution is 2.14. The predicted molar refractivity (Wildman–Crippen MR) is 47.7 cm³/mol. The molecule has 2 N–H and O–H groups in total. The monoisotopic (exact) mass is 223 g/mol. The second-order valence-corrected chi connectivity index (χ2v) is 5.01. The van der Waals surface area contributed by atoms with E-state index in [2.05, 4.69) is 21.2 Å². The summed E-state index contributed by atoms with van der Waals surface area (Å²) in [4.78, 5) is 11.1. The molecule has 0 unspecified atom stereocenters. The van der Waals surface area contributed by atoms with E-state index in [0.717, 1.165) is 0 Å². The number of alkyl halides is 1. The molecule has 0 heterocycles. The van der Waals surface area contributed by atoms with E-state index in [1.807, 2.05) is 0 Å². The summed E-state index contributed by atoms with van der Waals surface area (Å²) in [5.41, 5.74) is 0. The van der Waals surface area contributed by atoms with E-state index >= 15 is 0 Å². The average molecular weight is 224 g/mol. The summed E-state index contributed by atoms with van der Waals surface area (Å²) >= 11 is 3.20. The van der Waals surface area contributed by atoms with Gasteiger partial charge in [-0.3, -0.25) is 4.79 Å². The molecule has 3 nitrogen and oxygen atoms in total. The van der Waals surface area contributed by atoms with E-state index in [-0.39, 0.29) is 5.91 Å². The molecule has 0 radical (unpaired) electrons. The molecular weight excluding hydrogens is 210 g/mol. The maximum atomic E-state index is 11.1. The van der Waals surface area contributed by atoms with Gasteiger partial charge >= 0.3 is 0 Å². The van der Waals surface area contributed by atoms with Crippen molar-refractivity contribution in [3.63, 3.8) is 0 Å². The lowest BCUT2D eigenvalue weighted by Crippen LogP contribution is -2.40. The second kappa shape index (κ2) is 4.07. The quantitative estimate of drug-likeness (QED) is 0.692. The highest BCUT2D eigenvalue weighted by atomic mass is 79.9. The van der Waals surface area contributed by atoms with Crippen LogP contribution in [0.5, 0.6) is 0 Å². The van der Waals surface area contributed by atoms with Crippen molar-refractivity contribution in [2.45, 2.75) is 31.2 Å². The fourth-order valence-corrected chi connectivity index (χ4v) is 0.591. The summed E-state index contributed by atoms with van der Waals surface area (Å²) < 4.78 is -0.554. The number of hydrogen-bond acceptors (Lipinski definition) is 2. The summed E-state index contributed by atoms with van der Waals surface area (Å²) in [6, 6.07) is 0. The Morgan fingerprint density at radius 3 is 2.45 bits per heavy atom. The first kappa shape index (κ1) is 10.9. The fraction of sp³-hybridized carbons (Fsp3) is 0.857. The van der Waals surface area contributed by atoms with Crippen molar-refractivity contribution >= 4 is 21.8 Å². The summed E-state index contributed by atoms with van der Waals surface area (Å²) in [5, 5.41) is 11.4. The number of carbonyl (C=O) groups excluding carboxylic acids is 1. The third kappa shape index (κ3) is 5.21. The van der Waals surface area contributed by atoms with E-state index in [4.69, 9.17) is 5.11 Å². The van der Waals surface area contributed by atoms with Crippen LogP contribution in [0.1, 0.15) is 20.8 Å². The van der Waals surface area contributed by atoms with Gasteiger partial charge in [0.2, 0.25) is 5.91 Å². The summed E-state index contributed by atoms with van der Waals surface area (Å²) in [7, 11) is 0. The minimum Gasteiger partial charge on any atom is -0.392 e. The van der Waals surface area contributed by atoms with Gasteiger partial charge in [0.1, 0.15) is 0 Å². The van der Waals surface area contributed by atoms with Gasteiger partial charge in [0.25, 0.3) is 0 Å². The van der Waals surface area contributed by atoms with Gasteiger partial charge in [-0.1, -0.05) is 15.9 Å². The van der Waals surface area contributed by atoms with Crippen LogP contribution >= 0.6 is 15.9 Å². The molecule has 0 aliphatic carbocycles. The first-order valence-electron chi connectivity index (χ1n) is 3.49. The fourth-order valence-electron chi connectivity index (χ4n) is 0.451. The van der Waals surface area contributed by atoms with Gasteiger partial charge in [0, 0.05) is 6.54 Å². The molecule has 0 aliphatic rings. The third-order valence-electron chi connectivity index (χ3n) is 1.10. The lowest BCUT2D eigenvalue weighted by molar-refractivity contribution is -0.122. The number of aliphatic hydroxyl groups is 1. The van der Waals surface area contributed by atoms with Crippen LogP contribution in [0.4, 0.5) is 0 Å². The molecule has 1 amide bonds. The Kier molecular flexibility index (Phi) is 4.03. The van der Waals surface area contributed by atoms with Crippen LogP contribution in [0, 0.1) is 0 Å². The zero-order valence-electron chi connectivity index (χ0n) is 7.02. The van der Waals surface area contributed by atoms with Gasteiger partial charge in [0.05, 0.1) is 10.4 Å². The predicted octanol–water partition coefficient (Wildman–Crippen LogP) is 0.657. The molecule has 11 heavy (non-hydrogen) atoms. The summed E-state index contributed by atoms with van der Waals surface area (Å²) in [6.45, 7) is 5.43. The molecule has 0 spiro atoms. The van der Waals surface area contributed by atoms with Gasteiger partial charge in [-0.15, -0.1) is 0 Å². The second-order valence-electron chi connectivity index (χ2n) is 3.03. The van der Waals surface area contributed by atoms with Crippen LogP contribution < -0.4 is 5.32 Å². The molecule has 0 aromatic carbocycles. The number of rotatable bonds is 3. The van der Waals surface area contributed by atoms with Gasteiger partial charge in [-0.05, 0) is 20.8 Å². The van der Waals surface area contributed by atoms with Crippen LogP contribution in [0.3, 0.4) is 0 Å². The van der Waals surface area contributed by atoms with Crippen LogP contribution in [0.2, 0.25) is 0 Å². The smallest absolute Gasteiger partial charge is 0.236 e. The first-order chi connectivity index (χ1) is 4.84. The molecule has 4 heteroatoms. The molecule has 0 bridgehead atoms. The molecule has 0 aromatic rings. The number of nitrogens with one attached hydrogen (secondary N) is 1. The van der Waals surface area contributed by atoms with Crippen molar-refractivity contribution in [3.8, 4) is 0 Å². The minimum absolute atomic E-state index is 0.113. The maximum absolute atomic E-state index is 11.1. The number of hydrogen-bond donors (Lipinski definition) is 2. The zero-order valence-corrected chi connectivity index (χ0v) is 8.60. The topological polar surface area (TPSA) is 49.3 Å². The number of amides is 1. The summed E-state index contributed by atoms with van der Waals surface area (Å²) in [6.07, 6.45) is -0.492. The Hall–Kier alpha value is -0.0900. The van der Waals surface area contributed by atoms with Crippen molar-refractivity contribution in [2.75, 3.05) is 6.54 Å². The van der Waals surface area contributed by atoms with Gasteiger partial charge < -0.3 is 10.4 Å². The lowest BCUT2D eigenvalue weighted by Gasteiger charge is -2.16. The molecule has 0 saturated heterocycles. The SMILES string of the molecule is C[C@@H](O)CNC(=O)C(C)(C)Br. The minimum atomic E-state index is -0.554. The van der Waals surface area contributed by atoms with Gasteiger partial charge in [0.15, 0.2) is 0 Å². The van der Waals surface area contributed by atoms with Crippen LogP contribution in [-0.4, -0.2) is 28.0 Å². The van der Waals surface area contributed by atoms with E-state index in [1.54, 1.807) is 20.8 Å². The Morgan fingerprint density at radius 2 is 2.18 bits per heavy atom. The Labute approximate surface area is 75.3 Å². The maximum Gasteiger partial charge on any atom is 0.236 e. The lowest BCUT2D eigenvalue weighted by atomic mass is 10.2. The average Bonchev–Trinajstić information content (AvgIpc) is 1.80. The number of carbonyl (C=O) groups is 1. The molecule has 0 aliphatic heterocycles. The largest absolute Gasteiger partial charge is 0.392 e. The molecule has 0 aromatic heterocycles. The van der Waals surface area contributed by atoms with E-state index in [1.165, 1.54) is 0 Å². The van der Waals surface area contributed by atoms with Crippen molar-refractivity contribution in [3.05, 3.63) is 0 Å². The number of aliphatic hydroxyl groups excluding tert-OH is 1. The molecule has 0 fully saturated rings. The van der Waals surface area contributed by atoms with Crippen molar-refractivity contribution in [2.24, 2.45) is 0 Å². The van der Waals surface area contributed by atoms with Crippen LogP contribution in [0.15, 0.2) is 0 Å². The molecule has 0 rings (SSSR count). The molecular formula is C7H14BrNO2. The normalized spacial score (nSPS) is 14.3. The van der Waals surface area contributed by atoms with Gasteiger partial charge in [-0.2, -0.15) is 0 Å². The van der Waals surface area contributed by atoms with E-state index < -0.39 is 10.4 Å². The molecule has 66 valence electrons. The molecule has 0 saturated carbocycles. The van der Waals surface area contributed by atoms with Crippen molar-refractivity contribution < 1.29 is 9.90 Å². The van der Waals surface area contributed by atoms with Crippen molar-refractivity contribution in [1.82, 2.24) is 5.32 Å². The standard InChI is InChI=1S/C7H14BrNO2/c1-5(10)4-9-6(11)7(2,3)8/h5,10H,4H2,1-3H3,(H,9,11)/t5-/m1/s1. The Morgan fingerprint density at radius 1 is 1.73 bits per heavy atom. The highest BCUT2D eigenvalue weighted by Gasteiger charge is 2.22. The van der Waals surface area contributed by atoms with Crippen LogP contribution in [-0.2, 0) is 4.79 Å². The third-order valence-corrected chi connectivity index (χ3v) is 1.46. The van der Waals surface area contributed by atoms with E-state index in [0.29, 0.717) is 6.54 Å².